The molecule has 1 N–H and O–H groups in total. The Morgan fingerprint density at radius 1 is 1.38 bits per heavy atom. The summed E-state index contributed by atoms with van der Waals surface area (Å²) in [5, 5.41) is 9.13. The highest BCUT2D eigenvalue weighted by Crippen LogP contribution is 2.24. The Kier molecular flexibility index (Phi) is 6.02. The van der Waals surface area contributed by atoms with E-state index in [-0.39, 0.29) is 31.5 Å². The molecule has 2 atom stereocenters. The van der Waals surface area contributed by atoms with Crippen LogP contribution >= 0.6 is 0 Å². The number of aliphatic hydroxyl groups excluding tert-OH is 1. The van der Waals surface area contributed by atoms with E-state index in [9.17, 15) is 4.79 Å². The summed E-state index contributed by atoms with van der Waals surface area (Å²) in [5.41, 5.74) is 0.963. The van der Waals surface area contributed by atoms with Gasteiger partial charge in [0.1, 0.15) is 6.61 Å². The van der Waals surface area contributed by atoms with Crippen LogP contribution in [-0.2, 0) is 16.1 Å². The van der Waals surface area contributed by atoms with Crippen molar-refractivity contribution in [1.82, 2.24) is 4.90 Å². The lowest BCUT2D eigenvalue weighted by Gasteiger charge is -2.23. The number of hydrogen-bond donors (Lipinski definition) is 1. The van der Waals surface area contributed by atoms with Crippen molar-refractivity contribution in [3.05, 3.63) is 35.9 Å². The summed E-state index contributed by atoms with van der Waals surface area (Å²) >= 11 is 0. The van der Waals surface area contributed by atoms with Gasteiger partial charge in [-0.05, 0) is 25.3 Å². The van der Waals surface area contributed by atoms with Gasteiger partial charge in [0.2, 0.25) is 0 Å². The van der Waals surface area contributed by atoms with Crippen molar-refractivity contribution in [2.75, 3.05) is 19.8 Å². The Bertz CT molecular complexity index is 437. The van der Waals surface area contributed by atoms with Crippen LogP contribution in [0.15, 0.2) is 30.3 Å². The van der Waals surface area contributed by atoms with Crippen molar-refractivity contribution >= 4 is 6.09 Å². The van der Waals surface area contributed by atoms with Gasteiger partial charge in [-0.25, -0.2) is 4.79 Å². The molecular formula is C16H23NO4. The van der Waals surface area contributed by atoms with Gasteiger partial charge < -0.3 is 19.5 Å². The first-order chi connectivity index (χ1) is 10.2. The second kappa shape index (κ2) is 8.00. The molecule has 0 aromatic heterocycles. The van der Waals surface area contributed by atoms with Gasteiger partial charge in [0, 0.05) is 19.3 Å². The summed E-state index contributed by atoms with van der Waals surface area (Å²) in [6.07, 6.45) is 1.02. The van der Waals surface area contributed by atoms with E-state index in [2.05, 4.69) is 0 Å². The number of ether oxygens (including phenoxy) is 2. The number of carbonyl (C=O) groups excluding carboxylic acids is 1. The summed E-state index contributed by atoms with van der Waals surface area (Å²) in [6.45, 7) is 3.43. The lowest BCUT2D eigenvalue weighted by molar-refractivity contribution is 0.0608. The van der Waals surface area contributed by atoms with Gasteiger partial charge in [-0.2, -0.15) is 0 Å². The van der Waals surface area contributed by atoms with Gasteiger partial charge in [-0.15, -0.1) is 0 Å². The van der Waals surface area contributed by atoms with Gasteiger partial charge in [-0.3, -0.25) is 0 Å². The van der Waals surface area contributed by atoms with Gasteiger partial charge in [0.05, 0.1) is 12.6 Å². The van der Waals surface area contributed by atoms with Gasteiger partial charge in [0.25, 0.3) is 0 Å². The second-order valence-corrected chi connectivity index (χ2v) is 5.17. The minimum absolute atomic E-state index is 0.00479. The van der Waals surface area contributed by atoms with Crippen molar-refractivity contribution in [2.24, 2.45) is 0 Å². The predicted octanol–water partition coefficient (Wildman–Crippen LogP) is 2.19. The number of carbonyl (C=O) groups is 1. The third-order valence-electron chi connectivity index (χ3n) is 3.68. The largest absolute Gasteiger partial charge is 0.445 e. The maximum atomic E-state index is 12.2. The molecule has 1 saturated heterocycles. The van der Waals surface area contributed by atoms with Crippen molar-refractivity contribution < 1.29 is 19.4 Å². The molecule has 0 bridgehead atoms. The molecule has 1 heterocycles. The topological polar surface area (TPSA) is 59.0 Å². The number of amides is 1. The van der Waals surface area contributed by atoms with Crippen molar-refractivity contribution in [3.63, 3.8) is 0 Å². The normalized spacial score (nSPS) is 21.5. The Labute approximate surface area is 125 Å². The Balaban J connectivity index is 1.89. The fourth-order valence-corrected chi connectivity index (χ4v) is 2.68. The zero-order valence-electron chi connectivity index (χ0n) is 12.4. The minimum Gasteiger partial charge on any atom is -0.445 e. The van der Waals surface area contributed by atoms with Crippen LogP contribution in [0.1, 0.15) is 25.3 Å². The van der Waals surface area contributed by atoms with Gasteiger partial charge in [-0.1, -0.05) is 30.3 Å². The third-order valence-corrected chi connectivity index (χ3v) is 3.68. The molecule has 0 aliphatic carbocycles. The zero-order chi connectivity index (χ0) is 15.1. The SMILES string of the molecule is CCO[C@@H]1C[C@@H](CCO)N(C(=O)OCc2ccccc2)C1. The summed E-state index contributed by atoms with van der Waals surface area (Å²) in [4.78, 5) is 13.9. The van der Waals surface area contributed by atoms with E-state index < -0.39 is 0 Å². The lowest BCUT2D eigenvalue weighted by Crippen LogP contribution is -2.37. The van der Waals surface area contributed by atoms with Crippen LogP contribution in [0.2, 0.25) is 0 Å². The van der Waals surface area contributed by atoms with Crippen LogP contribution in [0.3, 0.4) is 0 Å². The first-order valence-corrected chi connectivity index (χ1v) is 7.44. The molecule has 2 rings (SSSR count). The Hall–Kier alpha value is -1.59. The molecule has 1 aliphatic rings. The molecule has 0 radical (unpaired) electrons. The average molecular weight is 293 g/mol. The fourth-order valence-electron chi connectivity index (χ4n) is 2.68. The maximum absolute atomic E-state index is 12.2. The first-order valence-electron chi connectivity index (χ1n) is 7.44. The van der Waals surface area contributed by atoms with E-state index in [1.807, 2.05) is 37.3 Å². The number of nitrogens with zero attached hydrogens (tertiary/aromatic N) is 1. The molecule has 0 unspecified atom stereocenters. The smallest absolute Gasteiger partial charge is 0.410 e. The standard InChI is InChI=1S/C16H23NO4/c1-2-20-15-10-14(8-9-18)17(11-15)16(19)21-12-13-6-4-3-5-7-13/h3-7,14-15,18H,2,8-12H2,1H3/t14-,15-/m1/s1. The Morgan fingerprint density at radius 3 is 2.81 bits per heavy atom. The molecule has 0 saturated carbocycles. The molecule has 1 aromatic carbocycles. The fraction of sp³-hybridized carbons (Fsp3) is 0.562. The molecule has 5 heteroatoms. The monoisotopic (exact) mass is 293 g/mol. The summed E-state index contributed by atoms with van der Waals surface area (Å²) in [5.74, 6) is 0. The van der Waals surface area contributed by atoms with Crippen LogP contribution in [0, 0.1) is 0 Å². The van der Waals surface area contributed by atoms with Crippen molar-refractivity contribution in [2.45, 2.75) is 38.5 Å². The average Bonchev–Trinajstić information content (AvgIpc) is 2.89. The molecule has 1 amide bonds. The molecule has 5 nitrogen and oxygen atoms in total. The molecule has 1 aliphatic heterocycles. The van der Waals surface area contributed by atoms with Crippen molar-refractivity contribution in [1.29, 1.82) is 0 Å². The predicted molar refractivity (Wildman–Crippen MR) is 78.9 cm³/mol. The summed E-state index contributed by atoms with van der Waals surface area (Å²) < 4.78 is 11.0. The number of aliphatic hydroxyl groups is 1. The van der Waals surface area contributed by atoms with E-state index in [0.29, 0.717) is 19.6 Å². The molecule has 1 fully saturated rings. The quantitative estimate of drug-likeness (QED) is 0.873. The second-order valence-electron chi connectivity index (χ2n) is 5.17. The first kappa shape index (κ1) is 15.8. The number of likely N-dealkylation sites (tertiary alicyclic amines) is 1. The molecule has 21 heavy (non-hydrogen) atoms. The third kappa shape index (κ3) is 4.44. The highest BCUT2D eigenvalue weighted by molar-refractivity contribution is 5.68. The van der Waals surface area contributed by atoms with Crippen LogP contribution in [0.4, 0.5) is 4.79 Å². The number of rotatable bonds is 6. The van der Waals surface area contributed by atoms with E-state index in [0.717, 1.165) is 12.0 Å². The molecule has 0 spiro atoms. The molecule has 116 valence electrons. The lowest BCUT2D eigenvalue weighted by atomic mass is 10.1. The minimum atomic E-state index is -0.334. The van der Waals surface area contributed by atoms with E-state index in [1.54, 1.807) is 4.90 Å². The highest BCUT2D eigenvalue weighted by Gasteiger charge is 2.36. The van der Waals surface area contributed by atoms with Crippen LogP contribution in [-0.4, -0.2) is 48.0 Å². The van der Waals surface area contributed by atoms with Gasteiger partial charge in [0.15, 0.2) is 0 Å². The summed E-state index contributed by atoms with van der Waals surface area (Å²) in [7, 11) is 0. The number of benzene rings is 1. The van der Waals surface area contributed by atoms with E-state index in [1.165, 1.54) is 0 Å². The number of hydrogen-bond acceptors (Lipinski definition) is 4. The maximum Gasteiger partial charge on any atom is 0.410 e. The van der Waals surface area contributed by atoms with Crippen LogP contribution < -0.4 is 0 Å². The van der Waals surface area contributed by atoms with Crippen molar-refractivity contribution in [3.8, 4) is 0 Å². The van der Waals surface area contributed by atoms with Crippen LogP contribution in [0.25, 0.3) is 0 Å². The van der Waals surface area contributed by atoms with E-state index >= 15 is 0 Å². The molecule has 1 aromatic rings. The molecular weight excluding hydrogens is 270 g/mol. The Morgan fingerprint density at radius 2 is 2.14 bits per heavy atom. The van der Waals surface area contributed by atoms with E-state index in [4.69, 9.17) is 14.6 Å². The highest BCUT2D eigenvalue weighted by atomic mass is 16.6. The zero-order valence-corrected chi connectivity index (χ0v) is 12.4. The van der Waals surface area contributed by atoms with Gasteiger partial charge >= 0.3 is 6.09 Å². The summed E-state index contributed by atoms with van der Waals surface area (Å²) in [6, 6.07) is 9.60. The van der Waals surface area contributed by atoms with Crippen LogP contribution in [0.5, 0.6) is 0 Å².